The maximum absolute atomic E-state index is 5.25. The van der Waals surface area contributed by atoms with Gasteiger partial charge in [-0.2, -0.15) is 0 Å². The molecule has 0 aromatic heterocycles. The molecule has 152 valence electrons. The lowest BCUT2D eigenvalue weighted by Gasteiger charge is -2.49. The number of hydrogen-bond donors (Lipinski definition) is 1. The zero-order valence-corrected chi connectivity index (χ0v) is 17.9. The van der Waals surface area contributed by atoms with E-state index in [2.05, 4.69) is 73.6 Å². The van der Waals surface area contributed by atoms with Gasteiger partial charge in [-0.25, -0.2) is 0 Å². The van der Waals surface area contributed by atoms with Crippen LogP contribution in [0.2, 0.25) is 0 Å². The van der Waals surface area contributed by atoms with Gasteiger partial charge in [0.25, 0.3) is 0 Å². The number of benzene rings is 2. The Labute approximate surface area is 171 Å². The molecule has 0 bridgehead atoms. The number of methoxy groups -OCH3 is 1. The van der Waals surface area contributed by atoms with E-state index < -0.39 is 0 Å². The first-order valence-corrected chi connectivity index (χ1v) is 10.6. The van der Waals surface area contributed by atoms with E-state index in [1.54, 1.807) is 7.11 Å². The van der Waals surface area contributed by atoms with Gasteiger partial charge in [-0.05, 0) is 74.4 Å². The second-order valence-electron chi connectivity index (χ2n) is 8.69. The van der Waals surface area contributed by atoms with Crippen LogP contribution in [-0.2, 0) is 13.0 Å². The summed E-state index contributed by atoms with van der Waals surface area (Å²) < 4.78 is 5.25. The summed E-state index contributed by atoms with van der Waals surface area (Å²) in [5.74, 6) is 1.61. The number of nitrogens with one attached hydrogen (secondary N) is 1. The number of nitrogens with zero attached hydrogens (tertiary/aromatic N) is 1. The van der Waals surface area contributed by atoms with Gasteiger partial charge in [-0.15, -0.1) is 0 Å². The Bertz CT molecular complexity index is 715. The fourth-order valence-electron chi connectivity index (χ4n) is 4.75. The van der Waals surface area contributed by atoms with Gasteiger partial charge in [0.15, 0.2) is 0 Å². The quantitative estimate of drug-likeness (QED) is 0.668. The summed E-state index contributed by atoms with van der Waals surface area (Å²) in [7, 11) is 3.98. The highest BCUT2D eigenvalue weighted by molar-refractivity contribution is 5.27. The van der Waals surface area contributed by atoms with E-state index in [4.69, 9.17) is 4.74 Å². The zero-order valence-electron chi connectivity index (χ0n) is 17.9. The minimum absolute atomic E-state index is 0.361. The van der Waals surface area contributed by atoms with Gasteiger partial charge in [0.2, 0.25) is 0 Å². The first-order chi connectivity index (χ1) is 13.5. The molecular formula is C25H36N2O. The highest BCUT2D eigenvalue weighted by Gasteiger charge is 2.42. The van der Waals surface area contributed by atoms with Crippen molar-refractivity contribution in [2.24, 2.45) is 11.3 Å². The normalized spacial score (nSPS) is 25.6. The Morgan fingerprint density at radius 2 is 1.75 bits per heavy atom. The molecule has 2 aromatic rings. The molecule has 1 aliphatic heterocycles. The predicted molar refractivity (Wildman–Crippen MR) is 118 cm³/mol. The first-order valence-electron chi connectivity index (χ1n) is 10.6. The standard InChI is InChI=1S/C25H36N2O/c1-20-19-27(3)21(2)16-25(20,17-22-8-6-5-7-9-22)14-15-26-18-23-10-12-24(28-4)13-11-23/h5-13,20-21,26H,14-19H2,1-4H3/t20-,21+,25-/m1/s1. The summed E-state index contributed by atoms with van der Waals surface area (Å²) in [6, 6.07) is 20.1. The lowest BCUT2D eigenvalue weighted by atomic mass is 9.63. The highest BCUT2D eigenvalue weighted by Crippen LogP contribution is 2.44. The molecule has 3 rings (SSSR count). The third-order valence-electron chi connectivity index (χ3n) is 6.75. The molecule has 1 heterocycles. The van der Waals surface area contributed by atoms with Gasteiger partial charge in [-0.1, -0.05) is 49.4 Å². The van der Waals surface area contributed by atoms with Crippen LogP contribution in [0.4, 0.5) is 0 Å². The number of hydrogen-bond acceptors (Lipinski definition) is 3. The third-order valence-corrected chi connectivity index (χ3v) is 6.75. The molecule has 0 unspecified atom stereocenters. The van der Waals surface area contributed by atoms with E-state index in [1.807, 2.05) is 12.1 Å². The minimum Gasteiger partial charge on any atom is -0.497 e. The van der Waals surface area contributed by atoms with Crippen molar-refractivity contribution < 1.29 is 4.74 Å². The highest BCUT2D eigenvalue weighted by atomic mass is 16.5. The predicted octanol–water partition coefficient (Wildman–Crippen LogP) is 4.76. The van der Waals surface area contributed by atoms with Gasteiger partial charge < -0.3 is 15.0 Å². The Kier molecular flexibility index (Phi) is 7.14. The molecule has 3 heteroatoms. The molecule has 28 heavy (non-hydrogen) atoms. The lowest BCUT2D eigenvalue weighted by Crippen LogP contribution is -2.51. The molecule has 0 spiro atoms. The van der Waals surface area contributed by atoms with Crippen molar-refractivity contribution in [3.05, 3.63) is 65.7 Å². The van der Waals surface area contributed by atoms with Gasteiger partial charge in [0, 0.05) is 19.1 Å². The van der Waals surface area contributed by atoms with E-state index >= 15 is 0 Å². The minimum atomic E-state index is 0.361. The number of rotatable bonds is 8. The fourth-order valence-corrected chi connectivity index (χ4v) is 4.75. The van der Waals surface area contributed by atoms with Gasteiger partial charge in [-0.3, -0.25) is 0 Å². The average Bonchev–Trinajstić information content (AvgIpc) is 2.71. The van der Waals surface area contributed by atoms with Crippen molar-refractivity contribution in [1.29, 1.82) is 0 Å². The Morgan fingerprint density at radius 1 is 1.04 bits per heavy atom. The average molecular weight is 381 g/mol. The van der Waals surface area contributed by atoms with Crippen LogP contribution < -0.4 is 10.1 Å². The van der Waals surface area contributed by atoms with Crippen LogP contribution in [0.15, 0.2) is 54.6 Å². The maximum Gasteiger partial charge on any atom is 0.118 e. The fraction of sp³-hybridized carbons (Fsp3) is 0.520. The van der Waals surface area contributed by atoms with Crippen LogP contribution in [0.1, 0.15) is 37.8 Å². The molecule has 0 saturated carbocycles. The number of ether oxygens (including phenoxy) is 1. The van der Waals surface area contributed by atoms with Crippen LogP contribution in [0.3, 0.4) is 0 Å². The van der Waals surface area contributed by atoms with E-state index in [0.29, 0.717) is 17.4 Å². The summed E-state index contributed by atoms with van der Waals surface area (Å²) in [6.45, 7) is 7.99. The molecule has 1 aliphatic rings. The molecule has 1 saturated heterocycles. The molecule has 0 amide bonds. The Balaban J connectivity index is 1.63. The molecular weight excluding hydrogens is 344 g/mol. The second-order valence-corrected chi connectivity index (χ2v) is 8.69. The Morgan fingerprint density at radius 3 is 2.43 bits per heavy atom. The van der Waals surface area contributed by atoms with Crippen molar-refractivity contribution in [1.82, 2.24) is 10.2 Å². The number of likely N-dealkylation sites (tertiary alicyclic amines) is 1. The summed E-state index contributed by atoms with van der Waals surface area (Å²) in [5, 5.41) is 3.69. The molecule has 2 aromatic carbocycles. The van der Waals surface area contributed by atoms with Crippen LogP contribution >= 0.6 is 0 Å². The first kappa shape index (κ1) is 20.9. The molecule has 0 radical (unpaired) electrons. The second kappa shape index (κ2) is 9.58. The smallest absolute Gasteiger partial charge is 0.118 e. The monoisotopic (exact) mass is 380 g/mol. The maximum atomic E-state index is 5.25. The van der Waals surface area contributed by atoms with Gasteiger partial charge in [0.05, 0.1) is 7.11 Å². The summed E-state index contributed by atoms with van der Waals surface area (Å²) in [5.41, 5.74) is 3.14. The van der Waals surface area contributed by atoms with Crippen LogP contribution in [0.25, 0.3) is 0 Å². The summed E-state index contributed by atoms with van der Waals surface area (Å²) in [4.78, 5) is 2.53. The lowest BCUT2D eigenvalue weighted by molar-refractivity contribution is 0.0132. The van der Waals surface area contributed by atoms with E-state index in [1.165, 1.54) is 36.9 Å². The topological polar surface area (TPSA) is 24.5 Å². The van der Waals surface area contributed by atoms with Crippen molar-refractivity contribution in [2.45, 2.75) is 45.7 Å². The van der Waals surface area contributed by atoms with Crippen LogP contribution in [0.5, 0.6) is 5.75 Å². The largest absolute Gasteiger partial charge is 0.497 e. The van der Waals surface area contributed by atoms with E-state index in [0.717, 1.165) is 18.8 Å². The molecule has 3 nitrogen and oxygen atoms in total. The van der Waals surface area contributed by atoms with Crippen molar-refractivity contribution in [2.75, 3.05) is 27.2 Å². The molecule has 1 N–H and O–H groups in total. The summed E-state index contributed by atoms with van der Waals surface area (Å²) >= 11 is 0. The van der Waals surface area contributed by atoms with Crippen molar-refractivity contribution in [3.63, 3.8) is 0 Å². The number of piperidine rings is 1. The Hall–Kier alpha value is -1.84. The third kappa shape index (κ3) is 5.15. The molecule has 3 atom stereocenters. The molecule has 1 fully saturated rings. The van der Waals surface area contributed by atoms with Crippen LogP contribution in [0, 0.1) is 11.3 Å². The summed E-state index contributed by atoms with van der Waals surface area (Å²) in [6.07, 6.45) is 3.67. The SMILES string of the molecule is COc1ccc(CNCC[C@]2(Cc3ccccc3)C[C@H](C)N(C)C[C@H]2C)cc1. The van der Waals surface area contributed by atoms with Crippen molar-refractivity contribution >= 4 is 0 Å². The zero-order chi connectivity index (χ0) is 20.0. The van der Waals surface area contributed by atoms with Crippen molar-refractivity contribution in [3.8, 4) is 5.75 Å². The van der Waals surface area contributed by atoms with E-state index in [9.17, 15) is 0 Å². The van der Waals surface area contributed by atoms with Crippen LogP contribution in [-0.4, -0.2) is 38.2 Å². The molecule has 0 aliphatic carbocycles. The van der Waals surface area contributed by atoms with E-state index in [-0.39, 0.29) is 0 Å². The van der Waals surface area contributed by atoms with Gasteiger partial charge in [0.1, 0.15) is 5.75 Å². The van der Waals surface area contributed by atoms with Gasteiger partial charge >= 0.3 is 0 Å².